The maximum Gasteiger partial charge on any atom is 0.355 e. The van der Waals surface area contributed by atoms with Crippen LogP contribution in [-0.4, -0.2) is 60.2 Å². The molecular formula is C22H34N6O2. The Morgan fingerprint density at radius 1 is 1.37 bits per heavy atom. The number of aromatic amines is 1. The number of ether oxygens (including phenoxy) is 1. The van der Waals surface area contributed by atoms with Gasteiger partial charge in [-0.3, -0.25) is 0 Å². The second kappa shape index (κ2) is 9.97. The summed E-state index contributed by atoms with van der Waals surface area (Å²) in [5.74, 6) is 6.36. The molecule has 1 aliphatic rings. The molecule has 3 rings (SSSR count). The monoisotopic (exact) mass is 414 g/mol. The predicted molar refractivity (Wildman–Crippen MR) is 120 cm³/mol. The number of fused-ring (bicyclic) bond motifs is 1. The number of carbonyl (C=O) groups is 1. The number of hydrogen-bond acceptors (Lipinski definition) is 7. The van der Waals surface area contributed by atoms with Crippen LogP contribution in [0.25, 0.3) is 16.6 Å². The van der Waals surface area contributed by atoms with Gasteiger partial charge in [0.2, 0.25) is 0 Å². The molecule has 0 bridgehead atoms. The second-order valence-electron chi connectivity index (χ2n) is 8.00. The minimum Gasteiger partial charge on any atom is -0.461 e. The Balaban J connectivity index is 1.80. The van der Waals surface area contributed by atoms with Crippen molar-refractivity contribution in [2.24, 2.45) is 23.2 Å². The summed E-state index contributed by atoms with van der Waals surface area (Å²) in [6.07, 6.45) is 3.89. The molecule has 164 valence electrons. The molecule has 2 heterocycles. The van der Waals surface area contributed by atoms with Gasteiger partial charge >= 0.3 is 5.97 Å². The maximum atomic E-state index is 12.5. The Labute approximate surface area is 178 Å². The zero-order valence-corrected chi connectivity index (χ0v) is 18.0. The molecule has 0 atom stereocenters. The zero-order valence-electron chi connectivity index (χ0n) is 18.0. The van der Waals surface area contributed by atoms with Crippen molar-refractivity contribution < 1.29 is 9.53 Å². The number of nitrogens with one attached hydrogen (secondary N) is 1. The average Bonchev–Trinajstić information content (AvgIpc) is 3.08. The fourth-order valence-corrected chi connectivity index (χ4v) is 4.13. The molecule has 0 saturated carbocycles. The standard InChI is InChI=1S/C22H34N6O2/c1-3-30-22(29)21-20(17-12-15(2)4-5-19(17)26-21)18(24)14-28(25)13-16-6-9-27(10-7-16)11-8-23/h4-5,12,14,16,26H,3,6-11,13,23-25H2,1-2H3/b18-14-. The smallest absolute Gasteiger partial charge is 0.355 e. The van der Waals surface area contributed by atoms with Gasteiger partial charge in [0.1, 0.15) is 5.69 Å². The summed E-state index contributed by atoms with van der Waals surface area (Å²) in [7, 11) is 0. The first-order chi connectivity index (χ1) is 14.4. The van der Waals surface area contributed by atoms with Crippen LogP contribution in [0.1, 0.15) is 41.4 Å². The van der Waals surface area contributed by atoms with Crippen molar-refractivity contribution in [2.45, 2.75) is 26.7 Å². The van der Waals surface area contributed by atoms with Gasteiger partial charge in [-0.2, -0.15) is 0 Å². The molecule has 1 saturated heterocycles. The van der Waals surface area contributed by atoms with Crippen LogP contribution in [0.5, 0.6) is 0 Å². The van der Waals surface area contributed by atoms with Crippen molar-refractivity contribution in [2.75, 3.05) is 39.3 Å². The van der Waals surface area contributed by atoms with E-state index in [2.05, 4.69) is 9.88 Å². The van der Waals surface area contributed by atoms with Crippen LogP contribution >= 0.6 is 0 Å². The minimum absolute atomic E-state index is 0.294. The number of nitrogens with two attached hydrogens (primary N) is 3. The van der Waals surface area contributed by atoms with E-state index in [9.17, 15) is 4.79 Å². The first-order valence-electron chi connectivity index (χ1n) is 10.6. The van der Waals surface area contributed by atoms with E-state index < -0.39 is 5.97 Å². The van der Waals surface area contributed by atoms with E-state index in [1.54, 1.807) is 18.1 Å². The number of aromatic nitrogens is 1. The molecule has 0 spiro atoms. The number of hydrazine groups is 1. The Morgan fingerprint density at radius 2 is 2.10 bits per heavy atom. The number of carbonyl (C=O) groups excluding carboxylic acids is 1. The van der Waals surface area contributed by atoms with E-state index >= 15 is 0 Å². The molecule has 30 heavy (non-hydrogen) atoms. The highest BCUT2D eigenvalue weighted by Gasteiger charge is 2.22. The molecule has 1 aromatic carbocycles. The Bertz CT molecular complexity index is 898. The number of piperidine rings is 1. The fraction of sp³-hybridized carbons (Fsp3) is 0.500. The van der Waals surface area contributed by atoms with Crippen LogP contribution in [0, 0.1) is 12.8 Å². The highest BCUT2D eigenvalue weighted by atomic mass is 16.5. The van der Waals surface area contributed by atoms with Gasteiger partial charge in [-0.05, 0) is 57.8 Å². The number of rotatable bonds is 8. The summed E-state index contributed by atoms with van der Waals surface area (Å²) >= 11 is 0. The van der Waals surface area contributed by atoms with Crippen molar-refractivity contribution in [1.29, 1.82) is 0 Å². The van der Waals surface area contributed by atoms with Gasteiger partial charge in [0, 0.05) is 42.3 Å². The lowest BCUT2D eigenvalue weighted by atomic mass is 9.96. The SMILES string of the molecule is CCOC(=O)c1[nH]c2ccc(C)cc2c1/C(N)=C/N(N)CC1CCN(CCN)CC1. The summed E-state index contributed by atoms with van der Waals surface area (Å²) in [6, 6.07) is 5.95. The van der Waals surface area contributed by atoms with Crippen LogP contribution in [0.15, 0.2) is 24.4 Å². The fourth-order valence-electron chi connectivity index (χ4n) is 4.13. The quantitative estimate of drug-likeness (QED) is 0.294. The molecule has 1 aromatic heterocycles. The Kier molecular flexibility index (Phi) is 7.36. The molecule has 0 radical (unpaired) electrons. The lowest BCUT2D eigenvalue weighted by Gasteiger charge is -2.33. The largest absolute Gasteiger partial charge is 0.461 e. The highest BCUT2D eigenvalue weighted by molar-refractivity contribution is 6.04. The lowest BCUT2D eigenvalue weighted by molar-refractivity contribution is 0.0520. The van der Waals surface area contributed by atoms with E-state index in [0.717, 1.165) is 48.9 Å². The lowest BCUT2D eigenvalue weighted by Crippen LogP contribution is -2.41. The zero-order chi connectivity index (χ0) is 21.7. The molecule has 1 fully saturated rings. The summed E-state index contributed by atoms with van der Waals surface area (Å²) in [4.78, 5) is 18.1. The van der Waals surface area contributed by atoms with Crippen LogP contribution in [0.3, 0.4) is 0 Å². The van der Waals surface area contributed by atoms with Gasteiger partial charge in [0.25, 0.3) is 0 Å². The van der Waals surface area contributed by atoms with Crippen molar-refractivity contribution >= 4 is 22.6 Å². The van der Waals surface area contributed by atoms with E-state index in [0.29, 0.717) is 42.6 Å². The summed E-state index contributed by atoms with van der Waals surface area (Å²) in [5.41, 5.74) is 15.5. The van der Waals surface area contributed by atoms with Crippen molar-refractivity contribution in [1.82, 2.24) is 14.9 Å². The van der Waals surface area contributed by atoms with Gasteiger partial charge in [0.05, 0.1) is 12.3 Å². The predicted octanol–water partition coefficient (Wildman–Crippen LogP) is 1.76. The molecule has 1 aliphatic heterocycles. The van der Waals surface area contributed by atoms with Crippen molar-refractivity contribution in [3.05, 3.63) is 41.2 Å². The molecule has 7 N–H and O–H groups in total. The van der Waals surface area contributed by atoms with E-state index in [1.807, 2.05) is 25.1 Å². The average molecular weight is 415 g/mol. The van der Waals surface area contributed by atoms with Gasteiger partial charge in [-0.1, -0.05) is 11.6 Å². The van der Waals surface area contributed by atoms with Crippen LogP contribution < -0.4 is 17.3 Å². The van der Waals surface area contributed by atoms with Crippen LogP contribution in [0.2, 0.25) is 0 Å². The highest BCUT2D eigenvalue weighted by Crippen LogP contribution is 2.28. The summed E-state index contributed by atoms with van der Waals surface area (Å²) in [5, 5.41) is 2.53. The molecule has 2 aromatic rings. The van der Waals surface area contributed by atoms with E-state index in [1.165, 1.54) is 0 Å². The van der Waals surface area contributed by atoms with Crippen LogP contribution in [0.4, 0.5) is 0 Å². The first-order valence-corrected chi connectivity index (χ1v) is 10.6. The summed E-state index contributed by atoms with van der Waals surface area (Å²) in [6.45, 7) is 8.53. The number of H-pyrrole nitrogens is 1. The first kappa shape index (κ1) is 22.1. The van der Waals surface area contributed by atoms with Gasteiger partial charge in [-0.25, -0.2) is 10.6 Å². The third kappa shape index (κ3) is 5.13. The Hall–Kier alpha value is -2.55. The molecular weight excluding hydrogens is 380 g/mol. The third-order valence-electron chi connectivity index (χ3n) is 5.65. The van der Waals surface area contributed by atoms with Gasteiger partial charge < -0.3 is 31.1 Å². The number of nitrogens with zero attached hydrogens (tertiary/aromatic N) is 2. The molecule has 0 unspecified atom stereocenters. The normalized spacial score (nSPS) is 16.2. The number of benzene rings is 1. The minimum atomic E-state index is -0.423. The van der Waals surface area contributed by atoms with Crippen molar-refractivity contribution in [3.63, 3.8) is 0 Å². The van der Waals surface area contributed by atoms with Crippen LogP contribution in [-0.2, 0) is 4.74 Å². The number of aryl methyl sites for hydroxylation is 1. The number of likely N-dealkylation sites (tertiary alicyclic amines) is 1. The van der Waals surface area contributed by atoms with E-state index in [-0.39, 0.29) is 0 Å². The molecule has 8 heteroatoms. The molecule has 0 aliphatic carbocycles. The van der Waals surface area contributed by atoms with E-state index in [4.69, 9.17) is 22.0 Å². The topological polar surface area (TPSA) is 127 Å². The third-order valence-corrected chi connectivity index (χ3v) is 5.65. The molecule has 8 nitrogen and oxygen atoms in total. The number of hydrogen-bond donors (Lipinski definition) is 4. The van der Waals surface area contributed by atoms with Gasteiger partial charge in [-0.15, -0.1) is 0 Å². The van der Waals surface area contributed by atoms with Crippen molar-refractivity contribution in [3.8, 4) is 0 Å². The number of esters is 1. The molecule has 0 amide bonds. The maximum absolute atomic E-state index is 12.5. The van der Waals surface area contributed by atoms with Gasteiger partial charge in [0.15, 0.2) is 0 Å². The summed E-state index contributed by atoms with van der Waals surface area (Å²) < 4.78 is 5.22. The second-order valence-corrected chi connectivity index (χ2v) is 8.00. The Morgan fingerprint density at radius 3 is 2.77 bits per heavy atom.